The van der Waals surface area contributed by atoms with E-state index >= 15 is 0 Å². The first kappa shape index (κ1) is 13.8. The Morgan fingerprint density at radius 2 is 1.81 bits per heavy atom. The summed E-state index contributed by atoms with van der Waals surface area (Å²) in [5.74, 6) is -0.152. The molecule has 1 amide bonds. The molecule has 0 aliphatic carbocycles. The zero-order valence-corrected chi connectivity index (χ0v) is 12.5. The second kappa shape index (κ2) is 4.71. The zero-order chi connectivity index (χ0) is 15.2. The van der Waals surface area contributed by atoms with Gasteiger partial charge >= 0.3 is 0 Å². The van der Waals surface area contributed by atoms with Gasteiger partial charge in [0, 0.05) is 21.8 Å². The van der Waals surface area contributed by atoms with Crippen LogP contribution >= 0.6 is 11.6 Å². The summed E-state index contributed by atoms with van der Waals surface area (Å²) < 4.78 is 0. The van der Waals surface area contributed by atoms with Gasteiger partial charge in [0.15, 0.2) is 5.78 Å². The third kappa shape index (κ3) is 2.24. The van der Waals surface area contributed by atoms with E-state index in [0.717, 1.165) is 11.3 Å². The van der Waals surface area contributed by atoms with Gasteiger partial charge in [0.1, 0.15) is 0 Å². The van der Waals surface area contributed by atoms with E-state index < -0.39 is 5.41 Å². The van der Waals surface area contributed by atoms with Crippen molar-refractivity contribution in [3.63, 3.8) is 0 Å². The number of hydrogen-bond donors (Lipinski definition) is 1. The van der Waals surface area contributed by atoms with Gasteiger partial charge in [0.25, 0.3) is 0 Å². The molecule has 1 aliphatic heterocycles. The molecule has 2 aromatic carbocycles. The first-order chi connectivity index (χ1) is 9.89. The third-order valence-corrected chi connectivity index (χ3v) is 4.09. The van der Waals surface area contributed by atoms with Crippen molar-refractivity contribution in [3.8, 4) is 0 Å². The zero-order valence-electron chi connectivity index (χ0n) is 11.7. The van der Waals surface area contributed by atoms with E-state index in [9.17, 15) is 9.59 Å². The van der Waals surface area contributed by atoms with E-state index in [0.29, 0.717) is 16.1 Å². The molecule has 3 nitrogen and oxygen atoms in total. The standard InChI is InChI=1S/C17H14ClNO2/c1-17(2)13-9-11(6-7-14(13)19-16(17)21)15(20)10-4-3-5-12(18)8-10/h3-9H,1-2H3,(H,19,21). The Balaban J connectivity index is 2.04. The molecule has 0 saturated carbocycles. The number of fused-ring (bicyclic) bond motifs is 1. The molecule has 0 fully saturated rings. The van der Waals surface area contributed by atoms with Crippen LogP contribution in [0.1, 0.15) is 35.3 Å². The average Bonchev–Trinajstić information content (AvgIpc) is 2.68. The molecular weight excluding hydrogens is 286 g/mol. The predicted molar refractivity (Wildman–Crippen MR) is 83.0 cm³/mol. The lowest BCUT2D eigenvalue weighted by atomic mass is 9.84. The Bertz CT molecular complexity index is 765. The van der Waals surface area contributed by atoms with Crippen molar-refractivity contribution in [1.82, 2.24) is 0 Å². The van der Waals surface area contributed by atoms with E-state index in [1.807, 2.05) is 13.8 Å². The van der Waals surface area contributed by atoms with Crippen LogP contribution in [0.15, 0.2) is 42.5 Å². The third-order valence-electron chi connectivity index (χ3n) is 3.86. The monoisotopic (exact) mass is 299 g/mol. The lowest BCUT2D eigenvalue weighted by molar-refractivity contribution is -0.119. The van der Waals surface area contributed by atoms with Crippen LogP contribution in [0.3, 0.4) is 0 Å². The quantitative estimate of drug-likeness (QED) is 0.857. The SMILES string of the molecule is CC1(C)C(=O)Nc2ccc(C(=O)c3cccc(Cl)c3)cc21. The van der Waals surface area contributed by atoms with Crippen LogP contribution < -0.4 is 5.32 Å². The van der Waals surface area contributed by atoms with E-state index in [1.165, 1.54) is 0 Å². The highest BCUT2D eigenvalue weighted by Crippen LogP contribution is 2.38. The highest BCUT2D eigenvalue weighted by atomic mass is 35.5. The Morgan fingerprint density at radius 1 is 1.10 bits per heavy atom. The van der Waals surface area contributed by atoms with Gasteiger partial charge in [-0.15, -0.1) is 0 Å². The number of nitrogens with one attached hydrogen (secondary N) is 1. The van der Waals surface area contributed by atoms with Crippen LogP contribution in [-0.2, 0) is 10.2 Å². The summed E-state index contributed by atoms with van der Waals surface area (Å²) in [5.41, 5.74) is 2.09. The molecule has 2 aromatic rings. The summed E-state index contributed by atoms with van der Waals surface area (Å²) >= 11 is 5.93. The average molecular weight is 300 g/mol. The maximum Gasteiger partial charge on any atom is 0.234 e. The van der Waals surface area contributed by atoms with Gasteiger partial charge in [-0.05, 0) is 49.7 Å². The molecule has 3 rings (SSSR count). The van der Waals surface area contributed by atoms with Gasteiger partial charge in [-0.2, -0.15) is 0 Å². The van der Waals surface area contributed by atoms with Gasteiger partial charge in [0.05, 0.1) is 5.41 Å². The van der Waals surface area contributed by atoms with Crippen molar-refractivity contribution in [3.05, 3.63) is 64.2 Å². The molecule has 0 saturated heterocycles. The Hall–Kier alpha value is -2.13. The largest absolute Gasteiger partial charge is 0.325 e. The maximum absolute atomic E-state index is 12.5. The number of hydrogen-bond acceptors (Lipinski definition) is 2. The van der Waals surface area contributed by atoms with E-state index in [-0.39, 0.29) is 11.7 Å². The molecule has 106 valence electrons. The van der Waals surface area contributed by atoms with Crippen LogP contribution in [-0.4, -0.2) is 11.7 Å². The Labute approximate surface area is 127 Å². The number of anilines is 1. The highest BCUT2D eigenvalue weighted by molar-refractivity contribution is 6.31. The first-order valence-electron chi connectivity index (χ1n) is 6.66. The molecule has 1 aliphatic rings. The van der Waals surface area contributed by atoms with Crippen molar-refractivity contribution in [2.45, 2.75) is 19.3 Å². The molecule has 0 atom stereocenters. The molecule has 0 spiro atoms. The smallest absolute Gasteiger partial charge is 0.234 e. The van der Waals surface area contributed by atoms with Gasteiger partial charge in [-0.1, -0.05) is 23.7 Å². The lowest BCUT2D eigenvalue weighted by Crippen LogP contribution is -2.27. The Kier molecular flexibility index (Phi) is 3.10. The van der Waals surface area contributed by atoms with E-state index in [2.05, 4.69) is 5.32 Å². The van der Waals surface area contributed by atoms with Crippen LogP contribution in [0.25, 0.3) is 0 Å². The second-order valence-electron chi connectivity index (χ2n) is 5.68. The molecule has 21 heavy (non-hydrogen) atoms. The van der Waals surface area contributed by atoms with Crippen molar-refractivity contribution in [2.24, 2.45) is 0 Å². The summed E-state index contributed by atoms with van der Waals surface area (Å²) in [6.07, 6.45) is 0. The van der Waals surface area contributed by atoms with Crippen molar-refractivity contribution < 1.29 is 9.59 Å². The minimum atomic E-state index is -0.625. The number of ketones is 1. The fourth-order valence-corrected chi connectivity index (χ4v) is 2.70. The van der Waals surface area contributed by atoms with Crippen LogP contribution in [0.4, 0.5) is 5.69 Å². The van der Waals surface area contributed by atoms with Crippen LogP contribution in [0.2, 0.25) is 5.02 Å². The second-order valence-corrected chi connectivity index (χ2v) is 6.12. The Morgan fingerprint density at radius 3 is 2.52 bits per heavy atom. The summed E-state index contributed by atoms with van der Waals surface area (Å²) in [4.78, 5) is 24.5. The van der Waals surface area contributed by atoms with Gasteiger partial charge in [0.2, 0.25) is 5.91 Å². The summed E-state index contributed by atoms with van der Waals surface area (Å²) in [6.45, 7) is 3.70. The lowest BCUT2D eigenvalue weighted by Gasteiger charge is -2.15. The highest BCUT2D eigenvalue weighted by Gasteiger charge is 2.38. The maximum atomic E-state index is 12.5. The van der Waals surface area contributed by atoms with Crippen LogP contribution in [0, 0.1) is 0 Å². The predicted octanol–water partition coefficient (Wildman–Crippen LogP) is 3.80. The van der Waals surface area contributed by atoms with Crippen molar-refractivity contribution >= 4 is 29.0 Å². The van der Waals surface area contributed by atoms with Crippen molar-refractivity contribution in [2.75, 3.05) is 5.32 Å². The van der Waals surface area contributed by atoms with Crippen molar-refractivity contribution in [1.29, 1.82) is 0 Å². The number of halogens is 1. The first-order valence-corrected chi connectivity index (χ1v) is 7.03. The summed E-state index contributed by atoms with van der Waals surface area (Å²) in [7, 11) is 0. The van der Waals surface area contributed by atoms with Gasteiger partial charge < -0.3 is 5.32 Å². The molecular formula is C17H14ClNO2. The fraction of sp³-hybridized carbons (Fsp3) is 0.176. The summed E-state index contributed by atoms with van der Waals surface area (Å²) in [5, 5.41) is 3.36. The summed E-state index contributed by atoms with van der Waals surface area (Å²) in [6, 6.07) is 12.1. The molecule has 1 N–H and O–H groups in total. The number of rotatable bonds is 2. The van der Waals surface area contributed by atoms with Crippen LogP contribution in [0.5, 0.6) is 0 Å². The fourth-order valence-electron chi connectivity index (χ4n) is 2.51. The minimum Gasteiger partial charge on any atom is -0.325 e. The number of benzene rings is 2. The van der Waals surface area contributed by atoms with E-state index in [1.54, 1.807) is 42.5 Å². The topological polar surface area (TPSA) is 46.2 Å². The van der Waals surface area contributed by atoms with Gasteiger partial charge in [-0.25, -0.2) is 0 Å². The molecule has 0 radical (unpaired) electrons. The molecule has 1 heterocycles. The number of carbonyl (C=O) groups excluding carboxylic acids is 2. The number of carbonyl (C=O) groups is 2. The molecule has 0 aromatic heterocycles. The normalized spacial score (nSPS) is 15.5. The van der Waals surface area contributed by atoms with E-state index in [4.69, 9.17) is 11.6 Å². The number of amides is 1. The molecule has 4 heteroatoms. The molecule has 0 unspecified atom stereocenters. The van der Waals surface area contributed by atoms with Gasteiger partial charge in [-0.3, -0.25) is 9.59 Å². The molecule has 0 bridgehead atoms. The minimum absolute atomic E-state index is 0.0511.